The molecular formula is C17H22ClN5. The number of rotatable bonds is 3. The maximum absolute atomic E-state index is 6.01. The van der Waals surface area contributed by atoms with Gasteiger partial charge in [0, 0.05) is 38.3 Å². The Hall–Kier alpha value is -1.85. The molecule has 122 valence electrons. The third-order valence-corrected chi connectivity index (χ3v) is 4.54. The number of nitrogen functional groups attached to an aromatic ring is 1. The van der Waals surface area contributed by atoms with Gasteiger partial charge in [-0.1, -0.05) is 41.9 Å². The van der Waals surface area contributed by atoms with Crippen LogP contribution in [0.1, 0.15) is 18.9 Å². The van der Waals surface area contributed by atoms with E-state index in [4.69, 9.17) is 17.3 Å². The van der Waals surface area contributed by atoms with Gasteiger partial charge in [-0.15, -0.1) is 0 Å². The minimum Gasteiger partial charge on any atom is -0.368 e. The van der Waals surface area contributed by atoms with Gasteiger partial charge in [-0.3, -0.25) is 4.90 Å². The molecule has 0 spiro atoms. The van der Waals surface area contributed by atoms with Gasteiger partial charge in [-0.2, -0.15) is 4.98 Å². The van der Waals surface area contributed by atoms with Gasteiger partial charge >= 0.3 is 0 Å². The van der Waals surface area contributed by atoms with E-state index in [0.29, 0.717) is 11.2 Å². The van der Waals surface area contributed by atoms with Crippen LogP contribution in [0, 0.1) is 0 Å². The molecule has 1 unspecified atom stereocenters. The molecular weight excluding hydrogens is 310 g/mol. The predicted molar refractivity (Wildman–Crippen MR) is 94.6 cm³/mol. The zero-order chi connectivity index (χ0) is 16.2. The van der Waals surface area contributed by atoms with Crippen molar-refractivity contribution in [2.24, 2.45) is 0 Å². The van der Waals surface area contributed by atoms with E-state index in [2.05, 4.69) is 57.0 Å². The van der Waals surface area contributed by atoms with Gasteiger partial charge in [0.15, 0.2) is 0 Å². The summed E-state index contributed by atoms with van der Waals surface area (Å²) in [6.45, 7) is 6.09. The summed E-state index contributed by atoms with van der Waals surface area (Å²) in [5, 5.41) is 0.394. The van der Waals surface area contributed by atoms with Crippen molar-refractivity contribution in [3.8, 4) is 0 Å². The molecule has 1 aliphatic rings. The Bertz CT molecular complexity index is 628. The van der Waals surface area contributed by atoms with Gasteiger partial charge in [-0.25, -0.2) is 4.98 Å². The van der Waals surface area contributed by atoms with Crippen LogP contribution in [0.4, 0.5) is 11.8 Å². The Kier molecular flexibility index (Phi) is 4.98. The first-order valence-electron chi connectivity index (χ1n) is 7.95. The van der Waals surface area contributed by atoms with E-state index < -0.39 is 0 Å². The summed E-state index contributed by atoms with van der Waals surface area (Å²) in [6.07, 6.45) is 1.08. The Morgan fingerprint density at radius 1 is 1.17 bits per heavy atom. The summed E-state index contributed by atoms with van der Waals surface area (Å²) >= 11 is 6.01. The standard InChI is InChI=1S/C17H22ClN5/c1-13-7-8-22(16-11-15(18)20-17(19)21-16)9-10-23(13)12-14-5-3-2-4-6-14/h2-6,11,13H,7-10,12H2,1H3,(H2,19,20,21). The fourth-order valence-electron chi connectivity index (χ4n) is 2.97. The molecule has 1 aromatic heterocycles. The van der Waals surface area contributed by atoms with E-state index in [9.17, 15) is 0 Å². The van der Waals surface area contributed by atoms with Crippen molar-refractivity contribution in [2.45, 2.75) is 25.9 Å². The highest BCUT2D eigenvalue weighted by atomic mass is 35.5. The van der Waals surface area contributed by atoms with Gasteiger partial charge in [0.2, 0.25) is 5.95 Å². The summed E-state index contributed by atoms with van der Waals surface area (Å²) in [4.78, 5) is 13.0. The van der Waals surface area contributed by atoms with Crippen LogP contribution in [0.25, 0.3) is 0 Å². The third-order valence-electron chi connectivity index (χ3n) is 4.35. The van der Waals surface area contributed by atoms with E-state index in [1.807, 2.05) is 0 Å². The van der Waals surface area contributed by atoms with Gasteiger partial charge in [0.05, 0.1) is 0 Å². The number of hydrogen-bond donors (Lipinski definition) is 1. The molecule has 3 rings (SSSR count). The van der Waals surface area contributed by atoms with Crippen molar-refractivity contribution in [1.82, 2.24) is 14.9 Å². The average Bonchev–Trinajstić information content (AvgIpc) is 2.70. The van der Waals surface area contributed by atoms with Crippen molar-refractivity contribution in [3.63, 3.8) is 0 Å². The number of hydrogen-bond acceptors (Lipinski definition) is 5. The lowest BCUT2D eigenvalue weighted by Gasteiger charge is -2.26. The van der Waals surface area contributed by atoms with Crippen molar-refractivity contribution in [3.05, 3.63) is 47.1 Å². The summed E-state index contributed by atoms with van der Waals surface area (Å²) in [7, 11) is 0. The van der Waals surface area contributed by atoms with Crippen LogP contribution >= 0.6 is 11.6 Å². The maximum atomic E-state index is 6.01. The maximum Gasteiger partial charge on any atom is 0.223 e. The molecule has 0 bridgehead atoms. The van der Waals surface area contributed by atoms with Crippen LogP contribution in [0.15, 0.2) is 36.4 Å². The van der Waals surface area contributed by atoms with Crippen LogP contribution in [0.3, 0.4) is 0 Å². The number of halogens is 1. The monoisotopic (exact) mass is 331 g/mol. The largest absolute Gasteiger partial charge is 0.368 e. The van der Waals surface area contributed by atoms with Gasteiger partial charge in [0.25, 0.3) is 0 Å². The topological polar surface area (TPSA) is 58.3 Å². The van der Waals surface area contributed by atoms with Crippen LogP contribution in [0.2, 0.25) is 5.15 Å². The van der Waals surface area contributed by atoms with Crippen LogP contribution < -0.4 is 10.6 Å². The van der Waals surface area contributed by atoms with Gasteiger partial charge < -0.3 is 10.6 Å². The van der Waals surface area contributed by atoms with Crippen LogP contribution in [0.5, 0.6) is 0 Å². The molecule has 0 amide bonds. The predicted octanol–water partition coefficient (Wildman–Crippen LogP) is 2.81. The number of anilines is 2. The lowest BCUT2D eigenvalue weighted by Crippen LogP contribution is -2.34. The Morgan fingerprint density at radius 3 is 2.70 bits per heavy atom. The molecule has 0 radical (unpaired) electrons. The number of nitrogens with two attached hydrogens (primary N) is 1. The van der Waals surface area contributed by atoms with E-state index in [1.54, 1.807) is 6.07 Å². The lowest BCUT2D eigenvalue weighted by atomic mass is 10.1. The summed E-state index contributed by atoms with van der Waals surface area (Å²) in [5.41, 5.74) is 7.07. The van der Waals surface area contributed by atoms with Crippen LogP contribution in [-0.4, -0.2) is 40.5 Å². The number of nitrogens with zero attached hydrogens (tertiary/aromatic N) is 4. The fraction of sp³-hybridized carbons (Fsp3) is 0.412. The van der Waals surface area contributed by atoms with E-state index in [-0.39, 0.29) is 5.95 Å². The summed E-state index contributed by atoms with van der Waals surface area (Å²) < 4.78 is 0. The summed E-state index contributed by atoms with van der Waals surface area (Å²) in [5.74, 6) is 1.04. The Morgan fingerprint density at radius 2 is 1.96 bits per heavy atom. The van der Waals surface area contributed by atoms with E-state index >= 15 is 0 Å². The number of benzene rings is 1. The molecule has 1 saturated heterocycles. The van der Waals surface area contributed by atoms with Crippen molar-refractivity contribution in [2.75, 3.05) is 30.3 Å². The van der Waals surface area contributed by atoms with Crippen molar-refractivity contribution < 1.29 is 0 Å². The van der Waals surface area contributed by atoms with E-state index in [0.717, 1.165) is 38.4 Å². The molecule has 23 heavy (non-hydrogen) atoms. The number of aromatic nitrogens is 2. The van der Waals surface area contributed by atoms with Gasteiger partial charge in [-0.05, 0) is 18.9 Å². The lowest BCUT2D eigenvalue weighted by molar-refractivity contribution is 0.212. The highest BCUT2D eigenvalue weighted by Gasteiger charge is 2.22. The second-order valence-corrected chi connectivity index (χ2v) is 6.38. The molecule has 6 heteroatoms. The van der Waals surface area contributed by atoms with Crippen molar-refractivity contribution >= 4 is 23.4 Å². The smallest absolute Gasteiger partial charge is 0.223 e. The highest BCUT2D eigenvalue weighted by Crippen LogP contribution is 2.21. The minimum absolute atomic E-state index is 0.228. The minimum atomic E-state index is 0.228. The zero-order valence-corrected chi connectivity index (χ0v) is 14.1. The molecule has 2 N–H and O–H groups in total. The average molecular weight is 332 g/mol. The first-order valence-corrected chi connectivity index (χ1v) is 8.32. The molecule has 5 nitrogen and oxygen atoms in total. The second kappa shape index (κ2) is 7.15. The molecule has 1 aromatic carbocycles. The normalized spacial score (nSPS) is 19.6. The molecule has 2 heterocycles. The second-order valence-electron chi connectivity index (χ2n) is 5.99. The fourth-order valence-corrected chi connectivity index (χ4v) is 3.16. The zero-order valence-electron chi connectivity index (χ0n) is 13.3. The molecule has 1 atom stereocenters. The molecule has 0 saturated carbocycles. The Balaban J connectivity index is 1.70. The first kappa shape index (κ1) is 16.0. The van der Waals surface area contributed by atoms with Gasteiger partial charge in [0.1, 0.15) is 11.0 Å². The third kappa shape index (κ3) is 4.12. The summed E-state index contributed by atoms with van der Waals surface area (Å²) in [6, 6.07) is 12.9. The Labute approximate surface area is 142 Å². The van der Waals surface area contributed by atoms with Crippen molar-refractivity contribution in [1.29, 1.82) is 0 Å². The first-order chi connectivity index (χ1) is 11.1. The molecule has 0 aliphatic carbocycles. The molecule has 1 fully saturated rings. The molecule has 1 aliphatic heterocycles. The highest BCUT2D eigenvalue weighted by molar-refractivity contribution is 6.29. The van der Waals surface area contributed by atoms with E-state index in [1.165, 1.54) is 5.56 Å². The quantitative estimate of drug-likeness (QED) is 0.876. The molecule has 2 aromatic rings. The SMILES string of the molecule is CC1CCN(c2cc(Cl)nc(N)n2)CCN1Cc1ccccc1. The van der Waals surface area contributed by atoms with Crippen LogP contribution in [-0.2, 0) is 6.54 Å².